The minimum Gasteiger partial charge on any atom is -0.489 e. The van der Waals surface area contributed by atoms with Crippen molar-refractivity contribution < 1.29 is 9.53 Å². The first-order chi connectivity index (χ1) is 12.2. The van der Waals surface area contributed by atoms with E-state index in [4.69, 9.17) is 17.0 Å². The predicted octanol–water partition coefficient (Wildman–Crippen LogP) is 4.24. The van der Waals surface area contributed by atoms with E-state index in [1.165, 1.54) is 47.7 Å². The van der Waals surface area contributed by atoms with Gasteiger partial charge in [0.25, 0.3) is 5.91 Å². The Labute approximate surface area is 156 Å². The molecule has 5 heteroatoms. The summed E-state index contributed by atoms with van der Waals surface area (Å²) in [5.41, 5.74) is 5.11. The van der Waals surface area contributed by atoms with Gasteiger partial charge in [-0.15, -0.1) is 0 Å². The summed E-state index contributed by atoms with van der Waals surface area (Å²) in [6.45, 7) is 0.570. The van der Waals surface area contributed by atoms with Gasteiger partial charge in [-0.2, -0.15) is 0 Å². The standard InChI is InChI=1S/C20H17NO2S2/c22-19-18(25-20(24)21-19)11-13-5-8-17(9-6-13)23-12-14-4-7-15-2-1-3-16(15)10-14/h4-11H,1-3,12H2,(H,21,22,24)/b18-11-. The molecule has 2 aromatic carbocycles. The molecule has 1 aliphatic heterocycles. The number of nitrogens with one attached hydrogen (secondary N) is 1. The quantitative estimate of drug-likeness (QED) is 0.648. The van der Waals surface area contributed by atoms with E-state index in [9.17, 15) is 4.79 Å². The van der Waals surface area contributed by atoms with Crippen LogP contribution in [0.5, 0.6) is 5.75 Å². The van der Waals surface area contributed by atoms with Crippen LogP contribution in [0.25, 0.3) is 6.08 Å². The normalized spacial score (nSPS) is 17.7. The fourth-order valence-corrected chi connectivity index (χ4v) is 4.16. The Balaban J connectivity index is 1.40. The highest BCUT2D eigenvalue weighted by Crippen LogP contribution is 2.27. The molecule has 1 aliphatic carbocycles. The van der Waals surface area contributed by atoms with E-state index in [-0.39, 0.29) is 5.91 Å². The number of thioether (sulfide) groups is 1. The van der Waals surface area contributed by atoms with Crippen LogP contribution >= 0.6 is 24.0 Å². The third-order valence-electron chi connectivity index (χ3n) is 4.39. The molecule has 1 N–H and O–H groups in total. The van der Waals surface area contributed by atoms with Gasteiger partial charge in [0, 0.05) is 0 Å². The van der Waals surface area contributed by atoms with Gasteiger partial charge < -0.3 is 10.1 Å². The molecule has 0 saturated carbocycles. The number of rotatable bonds is 4. The first kappa shape index (κ1) is 16.4. The molecule has 2 aliphatic rings. The van der Waals surface area contributed by atoms with Gasteiger partial charge in [-0.3, -0.25) is 4.79 Å². The third-order valence-corrected chi connectivity index (χ3v) is 5.55. The first-order valence-corrected chi connectivity index (χ1v) is 9.48. The summed E-state index contributed by atoms with van der Waals surface area (Å²) >= 11 is 6.28. The molecule has 3 nitrogen and oxygen atoms in total. The van der Waals surface area contributed by atoms with Crippen LogP contribution < -0.4 is 10.1 Å². The maximum absolute atomic E-state index is 11.7. The zero-order valence-electron chi connectivity index (χ0n) is 13.6. The zero-order chi connectivity index (χ0) is 17.2. The number of amides is 1. The van der Waals surface area contributed by atoms with Crippen LogP contribution in [-0.4, -0.2) is 10.2 Å². The molecule has 2 aromatic rings. The van der Waals surface area contributed by atoms with Crippen LogP contribution in [-0.2, 0) is 24.2 Å². The number of hydrogen-bond acceptors (Lipinski definition) is 4. The molecule has 126 valence electrons. The maximum Gasteiger partial charge on any atom is 0.263 e. The number of aryl methyl sites for hydroxylation is 2. The number of benzene rings is 2. The number of carbonyl (C=O) groups is 1. The minimum atomic E-state index is -0.132. The van der Waals surface area contributed by atoms with Gasteiger partial charge in [-0.25, -0.2) is 0 Å². The molecule has 0 radical (unpaired) electrons. The maximum atomic E-state index is 11.7. The lowest BCUT2D eigenvalue weighted by molar-refractivity contribution is -0.115. The van der Waals surface area contributed by atoms with Crippen LogP contribution in [0.2, 0.25) is 0 Å². The SMILES string of the molecule is O=C1NC(=S)S/C1=C\c1ccc(OCc2ccc3c(c2)CCC3)cc1. The second-order valence-electron chi connectivity index (χ2n) is 6.17. The van der Waals surface area contributed by atoms with Crippen molar-refractivity contribution in [1.29, 1.82) is 0 Å². The van der Waals surface area contributed by atoms with Crippen LogP contribution in [0.15, 0.2) is 47.4 Å². The monoisotopic (exact) mass is 367 g/mol. The van der Waals surface area contributed by atoms with Gasteiger partial charge >= 0.3 is 0 Å². The lowest BCUT2D eigenvalue weighted by atomic mass is 10.1. The molecular weight excluding hydrogens is 350 g/mol. The highest BCUT2D eigenvalue weighted by molar-refractivity contribution is 8.26. The van der Waals surface area contributed by atoms with E-state index in [1.807, 2.05) is 30.3 Å². The van der Waals surface area contributed by atoms with Gasteiger partial charge in [-0.1, -0.05) is 54.3 Å². The van der Waals surface area contributed by atoms with Crippen LogP contribution in [0.1, 0.15) is 28.7 Å². The van der Waals surface area contributed by atoms with Crippen molar-refractivity contribution in [3.63, 3.8) is 0 Å². The molecule has 1 heterocycles. The Morgan fingerprint density at radius 3 is 2.68 bits per heavy atom. The molecule has 0 spiro atoms. The number of fused-ring (bicyclic) bond motifs is 1. The number of hydrogen-bond donors (Lipinski definition) is 1. The largest absolute Gasteiger partial charge is 0.489 e. The van der Waals surface area contributed by atoms with E-state index in [0.29, 0.717) is 15.8 Å². The first-order valence-electron chi connectivity index (χ1n) is 8.26. The summed E-state index contributed by atoms with van der Waals surface area (Å²) in [6, 6.07) is 14.4. The number of thiocarbonyl (C=S) groups is 1. The van der Waals surface area contributed by atoms with E-state index in [1.54, 1.807) is 0 Å². The molecule has 0 bridgehead atoms. The van der Waals surface area contributed by atoms with Crippen molar-refractivity contribution in [3.8, 4) is 5.75 Å². The smallest absolute Gasteiger partial charge is 0.263 e. The summed E-state index contributed by atoms with van der Waals surface area (Å²) in [5.74, 6) is 0.689. The second kappa shape index (κ2) is 7.02. The van der Waals surface area contributed by atoms with Crippen molar-refractivity contribution >= 4 is 40.3 Å². The average Bonchev–Trinajstić information content (AvgIpc) is 3.20. The lowest BCUT2D eigenvalue weighted by Crippen LogP contribution is -2.17. The fourth-order valence-electron chi connectivity index (χ4n) is 3.11. The Hall–Kier alpha value is -2.11. The average molecular weight is 367 g/mol. The van der Waals surface area contributed by atoms with Crippen LogP contribution in [0.3, 0.4) is 0 Å². The minimum absolute atomic E-state index is 0.132. The van der Waals surface area contributed by atoms with Crippen molar-refractivity contribution in [1.82, 2.24) is 5.32 Å². The third kappa shape index (κ3) is 3.78. The Morgan fingerprint density at radius 2 is 1.92 bits per heavy atom. The van der Waals surface area contributed by atoms with E-state index in [2.05, 4.69) is 23.5 Å². The molecule has 4 rings (SSSR count). The molecule has 1 amide bonds. The molecule has 25 heavy (non-hydrogen) atoms. The van der Waals surface area contributed by atoms with Crippen molar-refractivity contribution in [2.75, 3.05) is 0 Å². The van der Waals surface area contributed by atoms with E-state index in [0.717, 1.165) is 11.3 Å². The Morgan fingerprint density at radius 1 is 1.12 bits per heavy atom. The van der Waals surface area contributed by atoms with E-state index < -0.39 is 0 Å². The summed E-state index contributed by atoms with van der Waals surface area (Å²) < 4.78 is 6.39. The second-order valence-corrected chi connectivity index (χ2v) is 7.89. The van der Waals surface area contributed by atoms with Crippen LogP contribution in [0, 0.1) is 0 Å². The summed E-state index contributed by atoms with van der Waals surface area (Å²) in [7, 11) is 0. The molecule has 1 saturated heterocycles. The van der Waals surface area contributed by atoms with Crippen molar-refractivity contribution in [3.05, 3.63) is 69.6 Å². The predicted molar refractivity (Wildman–Crippen MR) is 106 cm³/mol. The zero-order valence-corrected chi connectivity index (χ0v) is 15.2. The summed E-state index contributed by atoms with van der Waals surface area (Å²) in [4.78, 5) is 12.3. The van der Waals surface area contributed by atoms with Gasteiger partial charge in [0.1, 0.15) is 16.7 Å². The van der Waals surface area contributed by atoms with Gasteiger partial charge in [0.2, 0.25) is 0 Å². The molecule has 1 fully saturated rings. The topological polar surface area (TPSA) is 38.3 Å². The highest BCUT2D eigenvalue weighted by atomic mass is 32.2. The number of ether oxygens (including phenoxy) is 1. The van der Waals surface area contributed by atoms with Crippen molar-refractivity contribution in [2.45, 2.75) is 25.9 Å². The van der Waals surface area contributed by atoms with Gasteiger partial charge in [0.15, 0.2) is 0 Å². The van der Waals surface area contributed by atoms with Crippen LogP contribution in [0.4, 0.5) is 0 Å². The molecule has 0 aromatic heterocycles. The number of carbonyl (C=O) groups excluding carboxylic acids is 1. The highest BCUT2D eigenvalue weighted by Gasteiger charge is 2.21. The lowest BCUT2D eigenvalue weighted by Gasteiger charge is -2.08. The van der Waals surface area contributed by atoms with Gasteiger partial charge in [-0.05, 0) is 59.7 Å². The van der Waals surface area contributed by atoms with Crippen molar-refractivity contribution in [2.24, 2.45) is 0 Å². The molecular formula is C20H17NO2S2. The van der Waals surface area contributed by atoms with Gasteiger partial charge in [0.05, 0.1) is 4.91 Å². The Kier molecular flexibility index (Phi) is 4.59. The van der Waals surface area contributed by atoms with E-state index >= 15 is 0 Å². The summed E-state index contributed by atoms with van der Waals surface area (Å²) in [5, 5.41) is 2.62. The fraction of sp³-hybridized carbons (Fsp3) is 0.200. The summed E-state index contributed by atoms with van der Waals surface area (Å²) in [6.07, 6.45) is 5.48. The Bertz CT molecular complexity index is 872. The molecule has 0 unspecified atom stereocenters. The molecule has 0 atom stereocenters.